The van der Waals surface area contributed by atoms with Crippen molar-refractivity contribution in [3.05, 3.63) is 71.2 Å². The molecule has 2 aliphatic rings. The number of fused-ring (bicyclic) bond motifs is 1. The second-order valence-corrected chi connectivity index (χ2v) is 8.75. The van der Waals surface area contributed by atoms with Gasteiger partial charge < -0.3 is 14.2 Å². The Morgan fingerprint density at radius 3 is 2.33 bits per heavy atom. The topological polar surface area (TPSA) is 104 Å². The van der Waals surface area contributed by atoms with Crippen molar-refractivity contribution < 1.29 is 28.6 Å². The lowest BCUT2D eigenvalue weighted by molar-refractivity contribution is -0.153. The van der Waals surface area contributed by atoms with Crippen LogP contribution in [-0.2, 0) is 23.9 Å². The van der Waals surface area contributed by atoms with Gasteiger partial charge in [-0.1, -0.05) is 18.2 Å². The maximum atomic E-state index is 14.2. The lowest BCUT2D eigenvalue weighted by Crippen LogP contribution is -2.49. The van der Waals surface area contributed by atoms with Crippen LogP contribution in [0.2, 0.25) is 0 Å². The third-order valence-electron chi connectivity index (χ3n) is 6.74. The first-order valence-electron chi connectivity index (χ1n) is 12.1. The van der Waals surface area contributed by atoms with Crippen molar-refractivity contribution in [1.82, 2.24) is 4.98 Å². The number of benzene rings is 1. The van der Waals surface area contributed by atoms with Gasteiger partial charge in [0.15, 0.2) is 5.78 Å². The van der Waals surface area contributed by atoms with Crippen LogP contribution >= 0.6 is 0 Å². The van der Waals surface area contributed by atoms with Gasteiger partial charge in [-0.15, -0.1) is 0 Å². The Bertz CT molecular complexity index is 1200. The lowest BCUT2D eigenvalue weighted by atomic mass is 9.62. The Labute approximate surface area is 210 Å². The number of allylic oxidation sites excluding steroid dienone is 1. The second kappa shape index (κ2) is 10.8. The normalized spacial score (nSPS) is 23.4. The molecule has 4 atom stereocenters. The average Bonchev–Trinajstić information content (AvgIpc) is 2.88. The minimum absolute atomic E-state index is 0.153. The molecule has 0 saturated heterocycles. The molecule has 1 aromatic carbocycles. The van der Waals surface area contributed by atoms with E-state index in [1.54, 1.807) is 58.3 Å². The number of ether oxygens (including phenoxy) is 3. The van der Waals surface area contributed by atoms with Crippen molar-refractivity contribution >= 4 is 23.4 Å². The fourth-order valence-corrected chi connectivity index (χ4v) is 5.20. The van der Waals surface area contributed by atoms with Crippen molar-refractivity contribution in [3.63, 3.8) is 0 Å². The molecule has 4 rings (SSSR count). The molecule has 0 radical (unpaired) electrons. The Hall–Kier alpha value is -3.81. The van der Waals surface area contributed by atoms with E-state index < -0.39 is 35.6 Å². The van der Waals surface area contributed by atoms with Crippen molar-refractivity contribution in [2.75, 3.05) is 20.3 Å². The molecule has 1 fully saturated rings. The molecule has 1 unspecified atom stereocenters. The summed E-state index contributed by atoms with van der Waals surface area (Å²) in [5.74, 6) is -3.81. The summed E-state index contributed by atoms with van der Waals surface area (Å²) >= 11 is 0. The molecule has 188 valence electrons. The van der Waals surface area contributed by atoms with Gasteiger partial charge in [-0.05, 0) is 57.0 Å². The summed E-state index contributed by atoms with van der Waals surface area (Å²) in [6.07, 6.45) is 1.98. The Kier molecular flexibility index (Phi) is 7.62. The maximum absolute atomic E-state index is 14.2. The first kappa shape index (κ1) is 25.3. The molecule has 36 heavy (non-hydrogen) atoms. The number of aliphatic imine (C=N–C) groups is 1. The van der Waals surface area contributed by atoms with Gasteiger partial charge in [0, 0.05) is 29.2 Å². The van der Waals surface area contributed by atoms with Gasteiger partial charge >= 0.3 is 11.9 Å². The molecule has 1 aliphatic heterocycles. The number of methoxy groups -OCH3 is 1. The number of Topliss-reactive ketones (excluding diaryl/α,β-unsaturated/α-hetero) is 1. The van der Waals surface area contributed by atoms with E-state index in [-0.39, 0.29) is 19.0 Å². The van der Waals surface area contributed by atoms with Crippen LogP contribution in [0.4, 0.5) is 0 Å². The number of hydrogen-bond acceptors (Lipinski definition) is 8. The lowest BCUT2D eigenvalue weighted by Gasteiger charge is -2.40. The number of carbonyl (C=O) groups is 3. The highest BCUT2D eigenvalue weighted by molar-refractivity contribution is 6.17. The number of esters is 2. The summed E-state index contributed by atoms with van der Waals surface area (Å²) in [6.45, 7) is 5.52. The summed E-state index contributed by atoms with van der Waals surface area (Å²) in [5, 5.41) is 0. The number of rotatable bonds is 7. The molecule has 2 heterocycles. The molecule has 0 bridgehead atoms. The fourth-order valence-electron chi connectivity index (χ4n) is 5.20. The van der Waals surface area contributed by atoms with Crippen LogP contribution in [0.3, 0.4) is 0 Å². The Balaban J connectivity index is 1.86. The minimum atomic E-state index is -1.05. The van der Waals surface area contributed by atoms with Crippen LogP contribution in [0.15, 0.2) is 64.9 Å². The first-order valence-corrected chi connectivity index (χ1v) is 12.1. The van der Waals surface area contributed by atoms with E-state index in [2.05, 4.69) is 4.98 Å². The summed E-state index contributed by atoms with van der Waals surface area (Å²) in [5.41, 5.74) is 2.78. The molecule has 1 aromatic heterocycles. The molecule has 0 amide bonds. The van der Waals surface area contributed by atoms with Gasteiger partial charge in [0.2, 0.25) is 0 Å². The molecule has 2 aromatic rings. The molecule has 1 saturated carbocycles. The molecule has 8 heteroatoms. The third kappa shape index (κ3) is 4.67. The average molecular weight is 491 g/mol. The predicted molar refractivity (Wildman–Crippen MR) is 133 cm³/mol. The van der Waals surface area contributed by atoms with E-state index in [1.165, 1.54) is 0 Å². The number of carbonyl (C=O) groups excluding carboxylic acids is 3. The zero-order chi connectivity index (χ0) is 25.8. The zero-order valence-electron chi connectivity index (χ0n) is 20.9. The van der Waals surface area contributed by atoms with Crippen LogP contribution in [0.5, 0.6) is 5.75 Å². The van der Waals surface area contributed by atoms with Gasteiger partial charge in [-0.3, -0.25) is 19.6 Å². The number of nitrogens with zero attached hydrogens (tertiary/aromatic N) is 2. The fraction of sp³-hybridized carbons (Fsp3) is 0.393. The van der Waals surface area contributed by atoms with Gasteiger partial charge in [0.05, 0.1) is 37.7 Å². The van der Waals surface area contributed by atoms with E-state index in [0.717, 1.165) is 5.56 Å². The van der Waals surface area contributed by atoms with E-state index in [0.29, 0.717) is 34.8 Å². The van der Waals surface area contributed by atoms with Crippen molar-refractivity contribution in [3.8, 4) is 5.75 Å². The number of pyridine rings is 1. The highest BCUT2D eigenvalue weighted by Crippen LogP contribution is 2.48. The van der Waals surface area contributed by atoms with Gasteiger partial charge in [0.1, 0.15) is 11.7 Å². The summed E-state index contributed by atoms with van der Waals surface area (Å²) < 4.78 is 16.0. The molecule has 0 N–H and O–H groups in total. The van der Waals surface area contributed by atoms with Gasteiger partial charge in [-0.25, -0.2) is 4.79 Å². The van der Waals surface area contributed by atoms with Crippen LogP contribution < -0.4 is 4.74 Å². The maximum Gasteiger partial charge on any atom is 0.336 e. The van der Waals surface area contributed by atoms with Crippen molar-refractivity contribution in [2.45, 2.75) is 39.0 Å². The van der Waals surface area contributed by atoms with Crippen LogP contribution in [0.25, 0.3) is 0 Å². The molecular weight excluding hydrogens is 460 g/mol. The number of aromatic nitrogens is 1. The van der Waals surface area contributed by atoms with Crippen LogP contribution in [-0.4, -0.2) is 48.7 Å². The van der Waals surface area contributed by atoms with Crippen LogP contribution in [0, 0.1) is 11.8 Å². The summed E-state index contributed by atoms with van der Waals surface area (Å²) in [7, 11) is 1.58. The largest absolute Gasteiger partial charge is 0.497 e. The number of ketones is 1. The van der Waals surface area contributed by atoms with Crippen molar-refractivity contribution in [1.29, 1.82) is 0 Å². The van der Waals surface area contributed by atoms with Crippen molar-refractivity contribution in [2.24, 2.45) is 16.8 Å². The quantitative estimate of drug-likeness (QED) is 0.426. The molecule has 1 aliphatic carbocycles. The smallest absolute Gasteiger partial charge is 0.336 e. The first-order chi connectivity index (χ1) is 17.4. The Morgan fingerprint density at radius 1 is 1.00 bits per heavy atom. The van der Waals surface area contributed by atoms with Gasteiger partial charge in [0.25, 0.3) is 0 Å². The highest BCUT2D eigenvalue weighted by Gasteiger charge is 2.53. The monoisotopic (exact) mass is 490 g/mol. The summed E-state index contributed by atoms with van der Waals surface area (Å²) in [4.78, 5) is 49.6. The predicted octanol–water partition coefficient (Wildman–Crippen LogP) is 4.02. The minimum Gasteiger partial charge on any atom is -0.497 e. The Morgan fingerprint density at radius 2 is 1.72 bits per heavy atom. The second-order valence-electron chi connectivity index (χ2n) is 8.75. The summed E-state index contributed by atoms with van der Waals surface area (Å²) in [6, 6.07) is 12.7. The van der Waals surface area contributed by atoms with E-state index in [9.17, 15) is 14.4 Å². The SMILES string of the molecule is CCOC(=O)C1=C(C)N=C2C[C@H](c3ccc(OC)cc3)[C@@H](C(=O)OCC)C(=O)C2[C@@H]1c1ccccn1. The van der Waals surface area contributed by atoms with Gasteiger partial charge in [-0.2, -0.15) is 0 Å². The van der Waals surface area contributed by atoms with Crippen LogP contribution in [0.1, 0.15) is 50.3 Å². The zero-order valence-corrected chi connectivity index (χ0v) is 20.9. The molecular formula is C28H30N2O6. The third-order valence-corrected chi connectivity index (χ3v) is 6.74. The van der Waals surface area contributed by atoms with E-state index >= 15 is 0 Å². The van der Waals surface area contributed by atoms with E-state index in [4.69, 9.17) is 19.2 Å². The van der Waals surface area contributed by atoms with E-state index in [1.807, 2.05) is 18.2 Å². The molecule has 0 spiro atoms. The molecule has 8 nitrogen and oxygen atoms in total. The highest BCUT2D eigenvalue weighted by atomic mass is 16.5. The standard InChI is InChI=1S/C28H30N2O6/c1-5-35-27(32)22-16(3)30-21-15-19(17-10-12-18(34-4)13-11-17)23(28(33)36-6-2)26(31)25(21)24(22)20-9-7-8-14-29-20/h7-14,19,23-25H,5-6,15H2,1-4H3/t19-,23-,24-,25?/m1/s1. The number of hydrogen-bond donors (Lipinski definition) is 0.